The van der Waals surface area contributed by atoms with Crippen LogP contribution in [0, 0.1) is 0 Å². The third-order valence-corrected chi connectivity index (χ3v) is 4.46. The van der Waals surface area contributed by atoms with Crippen molar-refractivity contribution < 1.29 is 19.7 Å². The second-order valence-corrected chi connectivity index (χ2v) is 6.59. The zero-order chi connectivity index (χ0) is 20.8. The predicted molar refractivity (Wildman–Crippen MR) is 109 cm³/mol. The normalized spacial score (nSPS) is 10.6. The van der Waals surface area contributed by atoms with E-state index in [1.165, 1.54) is 14.0 Å². The summed E-state index contributed by atoms with van der Waals surface area (Å²) in [7, 11) is 1.53. The van der Waals surface area contributed by atoms with E-state index in [1.54, 1.807) is 12.4 Å². The molecule has 0 saturated heterocycles. The summed E-state index contributed by atoms with van der Waals surface area (Å²) in [5, 5.41) is 21.9. The molecule has 1 aromatic heterocycles. The van der Waals surface area contributed by atoms with E-state index in [0.717, 1.165) is 16.8 Å². The van der Waals surface area contributed by atoms with Crippen LogP contribution in [0.15, 0.2) is 48.8 Å². The lowest BCUT2D eigenvalue weighted by Gasteiger charge is -2.14. The van der Waals surface area contributed by atoms with Gasteiger partial charge in [0.05, 0.1) is 37.9 Å². The number of nitrogens with one attached hydrogen (secondary N) is 1. The second kappa shape index (κ2) is 9.27. The average Bonchev–Trinajstić information content (AvgIpc) is 2.73. The summed E-state index contributed by atoms with van der Waals surface area (Å²) in [4.78, 5) is 20.3. The molecular weight excluding hydrogens is 370 g/mol. The molecule has 0 aliphatic carbocycles. The molecule has 0 saturated carbocycles. The molecule has 3 rings (SSSR count). The molecule has 0 aliphatic heterocycles. The van der Waals surface area contributed by atoms with Gasteiger partial charge in [0.2, 0.25) is 5.91 Å². The molecule has 0 fully saturated rings. The lowest BCUT2D eigenvalue weighted by molar-refractivity contribution is -0.114. The lowest BCUT2D eigenvalue weighted by atomic mass is 10.0. The summed E-state index contributed by atoms with van der Waals surface area (Å²) in [6.07, 6.45) is 3.85. The molecule has 3 aromatic rings. The number of ether oxygens (including phenoxy) is 1. The maximum absolute atomic E-state index is 11.3. The molecule has 0 atom stereocenters. The zero-order valence-corrected chi connectivity index (χ0v) is 16.3. The van der Waals surface area contributed by atoms with Gasteiger partial charge in [-0.3, -0.25) is 9.78 Å². The number of hydrogen-bond acceptors (Lipinski definition) is 6. The first-order valence-electron chi connectivity index (χ1n) is 9.13. The van der Waals surface area contributed by atoms with Crippen LogP contribution in [-0.4, -0.2) is 33.2 Å². The van der Waals surface area contributed by atoms with Crippen LogP contribution < -0.4 is 10.1 Å². The number of carbonyl (C=O) groups excluding carboxylic acids is 1. The van der Waals surface area contributed by atoms with Crippen molar-refractivity contribution in [1.29, 1.82) is 0 Å². The van der Waals surface area contributed by atoms with Gasteiger partial charge in [-0.1, -0.05) is 18.2 Å². The molecule has 0 unspecified atom stereocenters. The van der Waals surface area contributed by atoms with Crippen molar-refractivity contribution in [2.24, 2.45) is 0 Å². The summed E-state index contributed by atoms with van der Waals surface area (Å²) in [5.74, 6) is 0.392. The number of nitrogens with zero attached hydrogens (tertiary/aromatic N) is 2. The van der Waals surface area contributed by atoms with Gasteiger partial charge >= 0.3 is 0 Å². The number of methoxy groups -OCH3 is 1. The highest BCUT2D eigenvalue weighted by Gasteiger charge is 2.12. The maximum Gasteiger partial charge on any atom is 0.221 e. The number of aliphatic hydroxyl groups is 2. The van der Waals surface area contributed by atoms with Crippen LogP contribution in [0.1, 0.15) is 29.3 Å². The van der Waals surface area contributed by atoms with Gasteiger partial charge in [0, 0.05) is 36.4 Å². The van der Waals surface area contributed by atoms with Crippen LogP contribution in [0.2, 0.25) is 0 Å². The van der Waals surface area contributed by atoms with Gasteiger partial charge in [0.15, 0.2) is 0 Å². The number of rotatable bonds is 7. The van der Waals surface area contributed by atoms with E-state index >= 15 is 0 Å². The molecule has 0 aliphatic rings. The number of amides is 1. The van der Waals surface area contributed by atoms with Crippen LogP contribution in [-0.2, 0) is 24.4 Å². The van der Waals surface area contributed by atoms with E-state index < -0.39 is 0 Å². The Balaban J connectivity index is 1.90. The summed E-state index contributed by atoms with van der Waals surface area (Å²) in [6.45, 7) is 1.06. The second-order valence-electron chi connectivity index (χ2n) is 6.59. The molecule has 1 heterocycles. The van der Waals surface area contributed by atoms with Crippen molar-refractivity contribution in [2.45, 2.75) is 26.6 Å². The molecule has 1 amide bonds. The highest BCUT2D eigenvalue weighted by atomic mass is 16.5. The molecular formula is C22H23N3O4. The van der Waals surface area contributed by atoms with Crippen LogP contribution >= 0.6 is 0 Å². The number of aliphatic hydroxyl groups excluding tert-OH is 2. The van der Waals surface area contributed by atoms with Crippen molar-refractivity contribution in [3.8, 4) is 17.0 Å². The molecule has 0 spiro atoms. The van der Waals surface area contributed by atoms with Gasteiger partial charge in [-0.2, -0.15) is 0 Å². The SMILES string of the molecule is COc1cc(Cc2cncc(-c3cccc(NC(C)=O)c3)n2)cc(CO)c1CO. The fourth-order valence-electron chi connectivity index (χ4n) is 3.17. The summed E-state index contributed by atoms with van der Waals surface area (Å²) < 4.78 is 5.35. The minimum absolute atomic E-state index is 0.137. The first-order chi connectivity index (χ1) is 14.0. The number of hydrogen-bond donors (Lipinski definition) is 3. The number of benzene rings is 2. The fourth-order valence-corrected chi connectivity index (χ4v) is 3.17. The Morgan fingerprint density at radius 1 is 1.14 bits per heavy atom. The first kappa shape index (κ1) is 20.4. The molecule has 0 bridgehead atoms. The minimum atomic E-state index is -0.209. The average molecular weight is 393 g/mol. The molecule has 150 valence electrons. The molecule has 3 N–H and O–H groups in total. The van der Waals surface area contributed by atoms with E-state index in [1.807, 2.05) is 36.4 Å². The first-order valence-corrected chi connectivity index (χ1v) is 9.13. The Morgan fingerprint density at radius 3 is 2.66 bits per heavy atom. The molecule has 2 aromatic carbocycles. The predicted octanol–water partition coefficient (Wildman–Crippen LogP) is 2.69. The maximum atomic E-state index is 11.3. The molecule has 0 radical (unpaired) electrons. The molecule has 29 heavy (non-hydrogen) atoms. The lowest BCUT2D eigenvalue weighted by Crippen LogP contribution is -2.05. The third kappa shape index (κ3) is 4.96. The monoisotopic (exact) mass is 393 g/mol. The van der Waals surface area contributed by atoms with Crippen LogP contribution in [0.3, 0.4) is 0 Å². The van der Waals surface area contributed by atoms with Crippen molar-refractivity contribution in [3.63, 3.8) is 0 Å². The van der Waals surface area contributed by atoms with Gasteiger partial charge in [0.25, 0.3) is 0 Å². The number of anilines is 1. The van der Waals surface area contributed by atoms with Crippen LogP contribution in [0.5, 0.6) is 5.75 Å². The zero-order valence-electron chi connectivity index (χ0n) is 16.3. The van der Waals surface area contributed by atoms with E-state index in [-0.39, 0.29) is 19.1 Å². The summed E-state index contributed by atoms with van der Waals surface area (Å²) >= 11 is 0. The Kier molecular flexibility index (Phi) is 6.54. The summed E-state index contributed by atoms with van der Waals surface area (Å²) in [5.41, 5.74) is 5.06. The molecule has 7 nitrogen and oxygen atoms in total. The smallest absolute Gasteiger partial charge is 0.221 e. The van der Waals surface area contributed by atoms with Crippen LogP contribution in [0.25, 0.3) is 11.3 Å². The minimum Gasteiger partial charge on any atom is -0.496 e. The summed E-state index contributed by atoms with van der Waals surface area (Å²) in [6, 6.07) is 11.1. The van der Waals surface area contributed by atoms with Gasteiger partial charge < -0.3 is 20.3 Å². The number of carbonyl (C=O) groups is 1. The van der Waals surface area contributed by atoms with Gasteiger partial charge in [-0.15, -0.1) is 0 Å². The largest absolute Gasteiger partial charge is 0.496 e. The van der Waals surface area contributed by atoms with Crippen LogP contribution in [0.4, 0.5) is 5.69 Å². The van der Waals surface area contributed by atoms with E-state index in [9.17, 15) is 15.0 Å². The van der Waals surface area contributed by atoms with Gasteiger partial charge in [-0.05, 0) is 29.3 Å². The molecule has 7 heteroatoms. The van der Waals surface area contributed by atoms with Gasteiger partial charge in [0.1, 0.15) is 5.75 Å². The van der Waals surface area contributed by atoms with Crippen molar-refractivity contribution in [3.05, 3.63) is 71.2 Å². The topological polar surface area (TPSA) is 105 Å². The van der Waals surface area contributed by atoms with Crippen molar-refractivity contribution in [2.75, 3.05) is 12.4 Å². The Hall–Kier alpha value is -3.29. The quantitative estimate of drug-likeness (QED) is 0.570. The Labute approximate surface area is 169 Å². The Bertz CT molecular complexity index is 995. The Morgan fingerprint density at radius 2 is 1.97 bits per heavy atom. The van der Waals surface area contributed by atoms with Gasteiger partial charge in [-0.25, -0.2) is 4.98 Å². The third-order valence-electron chi connectivity index (χ3n) is 4.46. The van der Waals surface area contributed by atoms with Crippen molar-refractivity contribution >= 4 is 11.6 Å². The standard InChI is InChI=1S/C22H23N3O4/c1-14(28)24-18-5-3-4-16(9-18)21-11-23-10-19(25-21)7-15-6-17(12-26)20(13-27)22(8-15)29-2/h3-6,8-11,26-27H,7,12-13H2,1-2H3,(H,24,28). The fraction of sp³-hybridized carbons (Fsp3) is 0.227. The highest BCUT2D eigenvalue weighted by molar-refractivity contribution is 5.89. The number of aromatic nitrogens is 2. The van der Waals surface area contributed by atoms with E-state index in [0.29, 0.717) is 34.7 Å². The van der Waals surface area contributed by atoms with E-state index in [2.05, 4.69) is 15.3 Å². The van der Waals surface area contributed by atoms with Crippen molar-refractivity contribution in [1.82, 2.24) is 9.97 Å². The highest BCUT2D eigenvalue weighted by Crippen LogP contribution is 2.27. The van der Waals surface area contributed by atoms with E-state index in [4.69, 9.17) is 4.74 Å².